The van der Waals surface area contributed by atoms with Crippen molar-refractivity contribution < 1.29 is 18.8 Å². The van der Waals surface area contributed by atoms with E-state index in [1.165, 1.54) is 24.3 Å². The van der Waals surface area contributed by atoms with E-state index in [-0.39, 0.29) is 28.2 Å². The van der Waals surface area contributed by atoms with E-state index in [9.17, 15) is 18.8 Å². The molecule has 0 heterocycles. The smallest absolute Gasteiger partial charge is 0.247 e. The Balaban J connectivity index is 1.61. The van der Waals surface area contributed by atoms with Crippen molar-refractivity contribution in [3.05, 3.63) is 112 Å². The number of carbonyl (C=O) groups is 3. The number of amides is 1. The first-order valence-corrected chi connectivity index (χ1v) is 10.7. The van der Waals surface area contributed by atoms with Crippen LogP contribution >= 0.6 is 15.9 Å². The number of benzene rings is 3. The second-order valence-electron chi connectivity index (χ2n) is 7.30. The van der Waals surface area contributed by atoms with Crippen molar-refractivity contribution >= 4 is 39.1 Å². The summed E-state index contributed by atoms with van der Waals surface area (Å²) in [6.45, 7) is 0. The molecule has 32 heavy (non-hydrogen) atoms. The average Bonchev–Trinajstić information content (AvgIpc) is 2.80. The Morgan fingerprint density at radius 1 is 0.938 bits per heavy atom. The first-order valence-electron chi connectivity index (χ1n) is 9.88. The van der Waals surface area contributed by atoms with Crippen LogP contribution in [-0.2, 0) is 11.2 Å². The maximum absolute atomic E-state index is 13.5. The molecule has 1 aliphatic rings. The van der Waals surface area contributed by atoms with E-state index in [1.54, 1.807) is 24.3 Å². The van der Waals surface area contributed by atoms with E-state index < -0.39 is 17.8 Å². The van der Waals surface area contributed by atoms with Gasteiger partial charge in [-0.15, -0.1) is 0 Å². The summed E-state index contributed by atoms with van der Waals surface area (Å²) in [5, 5.41) is 5.71. The van der Waals surface area contributed by atoms with Crippen molar-refractivity contribution in [3.8, 4) is 0 Å². The van der Waals surface area contributed by atoms with Crippen LogP contribution in [0.2, 0.25) is 0 Å². The number of nitrogens with one attached hydrogen (secondary N) is 2. The molecule has 1 amide bonds. The van der Waals surface area contributed by atoms with Gasteiger partial charge in [0.15, 0.2) is 5.78 Å². The molecule has 0 saturated heterocycles. The van der Waals surface area contributed by atoms with Gasteiger partial charge in [0.2, 0.25) is 11.7 Å². The molecule has 2 N–H and O–H groups in total. The highest BCUT2D eigenvalue weighted by atomic mass is 79.9. The molecular formula is C25H18BrFN2O3. The van der Waals surface area contributed by atoms with Crippen LogP contribution in [0.3, 0.4) is 0 Å². The minimum Gasteiger partial charge on any atom is -0.370 e. The lowest BCUT2D eigenvalue weighted by Crippen LogP contribution is -2.44. The number of Topliss-reactive ketones (excluding diaryl/α,β-unsaturated/α-hetero) is 1. The molecule has 4 rings (SSSR count). The van der Waals surface area contributed by atoms with Crippen LogP contribution in [0.1, 0.15) is 26.3 Å². The predicted octanol–water partition coefficient (Wildman–Crippen LogP) is 4.69. The van der Waals surface area contributed by atoms with Crippen LogP contribution in [0.15, 0.2) is 89.0 Å². The summed E-state index contributed by atoms with van der Waals surface area (Å²) in [6.07, 6.45) is 1.50. The normalized spacial score (nSPS) is 13.8. The lowest BCUT2D eigenvalue weighted by molar-refractivity contribution is -0.117. The second-order valence-corrected chi connectivity index (χ2v) is 8.16. The third-order valence-corrected chi connectivity index (χ3v) is 5.68. The molecule has 1 atom stereocenters. The fourth-order valence-corrected chi connectivity index (χ4v) is 3.85. The highest BCUT2D eigenvalue weighted by molar-refractivity contribution is 9.10. The maximum atomic E-state index is 13.5. The van der Waals surface area contributed by atoms with E-state index in [0.29, 0.717) is 16.8 Å². The number of halogens is 2. The molecular weight excluding hydrogens is 475 g/mol. The van der Waals surface area contributed by atoms with Crippen LogP contribution in [0, 0.1) is 5.82 Å². The van der Waals surface area contributed by atoms with Gasteiger partial charge < -0.3 is 10.6 Å². The van der Waals surface area contributed by atoms with Crippen molar-refractivity contribution in [2.45, 2.75) is 12.5 Å². The molecule has 1 aliphatic carbocycles. The van der Waals surface area contributed by atoms with Gasteiger partial charge in [-0.3, -0.25) is 14.4 Å². The van der Waals surface area contributed by atoms with Gasteiger partial charge in [0.25, 0.3) is 0 Å². The van der Waals surface area contributed by atoms with Crippen molar-refractivity contribution in [2.75, 3.05) is 5.32 Å². The molecule has 160 valence electrons. The Kier molecular flexibility index (Phi) is 6.28. The van der Waals surface area contributed by atoms with Gasteiger partial charge in [0.05, 0.1) is 10.2 Å². The minimum atomic E-state index is -0.852. The Morgan fingerprint density at radius 2 is 1.62 bits per heavy atom. The van der Waals surface area contributed by atoms with Gasteiger partial charge >= 0.3 is 0 Å². The van der Waals surface area contributed by atoms with E-state index in [4.69, 9.17) is 0 Å². The molecule has 5 nitrogen and oxygen atoms in total. The Morgan fingerprint density at radius 3 is 2.34 bits per heavy atom. The van der Waals surface area contributed by atoms with E-state index in [2.05, 4.69) is 26.6 Å². The fraction of sp³-hybridized carbons (Fsp3) is 0.0800. The van der Waals surface area contributed by atoms with Gasteiger partial charge in [0, 0.05) is 29.3 Å². The molecule has 3 aromatic carbocycles. The summed E-state index contributed by atoms with van der Waals surface area (Å²) < 4.78 is 13.8. The number of ketones is 2. The third-order valence-electron chi connectivity index (χ3n) is 5.07. The minimum absolute atomic E-state index is 0.0602. The highest BCUT2D eigenvalue weighted by Crippen LogP contribution is 2.22. The maximum Gasteiger partial charge on any atom is 0.247 e. The Hall–Kier alpha value is -3.58. The quantitative estimate of drug-likeness (QED) is 0.523. The van der Waals surface area contributed by atoms with Crippen molar-refractivity contribution in [2.24, 2.45) is 0 Å². The summed E-state index contributed by atoms with van der Waals surface area (Å²) in [5.74, 6) is -1.52. The highest BCUT2D eigenvalue weighted by Gasteiger charge is 2.29. The summed E-state index contributed by atoms with van der Waals surface area (Å²) in [6, 6.07) is 19.2. The van der Waals surface area contributed by atoms with Crippen LogP contribution in [0.25, 0.3) is 0 Å². The van der Waals surface area contributed by atoms with Crippen LogP contribution in [0.4, 0.5) is 10.1 Å². The van der Waals surface area contributed by atoms with Crippen molar-refractivity contribution in [3.63, 3.8) is 0 Å². The summed E-state index contributed by atoms with van der Waals surface area (Å²) >= 11 is 3.10. The molecule has 0 unspecified atom stereocenters. The van der Waals surface area contributed by atoms with Crippen LogP contribution in [0.5, 0.6) is 0 Å². The molecule has 0 bridgehead atoms. The monoisotopic (exact) mass is 492 g/mol. The number of hydrogen-bond acceptors (Lipinski definition) is 4. The van der Waals surface area contributed by atoms with E-state index >= 15 is 0 Å². The van der Waals surface area contributed by atoms with E-state index in [0.717, 1.165) is 5.56 Å². The molecule has 3 aromatic rings. The largest absolute Gasteiger partial charge is 0.370 e. The van der Waals surface area contributed by atoms with Gasteiger partial charge in [-0.1, -0.05) is 54.6 Å². The number of rotatable bonds is 6. The van der Waals surface area contributed by atoms with Gasteiger partial charge in [-0.05, 0) is 39.7 Å². The second kappa shape index (κ2) is 9.28. The molecule has 0 radical (unpaired) electrons. The first-order chi connectivity index (χ1) is 15.4. The van der Waals surface area contributed by atoms with Crippen LogP contribution < -0.4 is 10.6 Å². The summed E-state index contributed by atoms with van der Waals surface area (Å²) in [7, 11) is 0. The number of anilines is 1. The van der Waals surface area contributed by atoms with Gasteiger partial charge in [-0.25, -0.2) is 4.39 Å². The number of hydrogen-bond donors (Lipinski definition) is 2. The van der Waals surface area contributed by atoms with Crippen LogP contribution in [-0.4, -0.2) is 23.5 Å². The first kappa shape index (κ1) is 21.6. The zero-order chi connectivity index (χ0) is 22.7. The molecule has 0 aliphatic heterocycles. The summed E-state index contributed by atoms with van der Waals surface area (Å²) in [4.78, 5) is 38.6. The molecule has 0 spiro atoms. The SMILES string of the molecule is O=C1C=C(N[C@H](Cc2ccccc2)C(=O)Nc2ccc(F)c(Br)c2)C(=O)c2ccccc21. The topological polar surface area (TPSA) is 75.3 Å². The molecule has 7 heteroatoms. The molecule has 0 aromatic heterocycles. The lowest BCUT2D eigenvalue weighted by atomic mass is 9.92. The van der Waals surface area contributed by atoms with Crippen molar-refractivity contribution in [1.82, 2.24) is 5.32 Å². The molecule has 0 fully saturated rings. The van der Waals surface area contributed by atoms with E-state index in [1.807, 2.05) is 30.3 Å². The average molecular weight is 493 g/mol. The zero-order valence-electron chi connectivity index (χ0n) is 16.8. The lowest BCUT2D eigenvalue weighted by Gasteiger charge is -2.23. The zero-order valence-corrected chi connectivity index (χ0v) is 18.4. The molecule has 0 saturated carbocycles. The third kappa shape index (κ3) is 4.68. The standard InChI is InChI=1S/C25H18BrFN2O3/c26-19-13-16(10-11-20(19)27)28-25(32)22(12-15-6-2-1-3-7-15)29-21-14-23(30)17-8-4-5-9-18(17)24(21)31/h1-11,13-14,22,29H,12H2,(H,28,32)/t22-/m1/s1. The van der Waals surface area contributed by atoms with Crippen molar-refractivity contribution in [1.29, 1.82) is 0 Å². The predicted molar refractivity (Wildman–Crippen MR) is 123 cm³/mol. The number of allylic oxidation sites excluding steroid dienone is 2. The number of fused-ring (bicyclic) bond motifs is 1. The summed E-state index contributed by atoms with van der Waals surface area (Å²) in [5.41, 5.74) is 1.96. The Bertz CT molecular complexity index is 1240. The Labute approximate surface area is 192 Å². The number of carbonyl (C=O) groups excluding carboxylic acids is 3. The van der Waals surface area contributed by atoms with Gasteiger partial charge in [-0.2, -0.15) is 0 Å². The van der Waals surface area contributed by atoms with Gasteiger partial charge in [0.1, 0.15) is 11.9 Å². The fourth-order valence-electron chi connectivity index (χ4n) is 3.47.